The molecule has 1 heterocycles. The van der Waals surface area contributed by atoms with Crippen molar-refractivity contribution in [2.24, 2.45) is 0 Å². The third-order valence-electron chi connectivity index (χ3n) is 6.06. The zero-order chi connectivity index (χ0) is 24.6. The molecule has 4 rings (SSSR count). The molecule has 6 heteroatoms. The highest BCUT2D eigenvalue weighted by molar-refractivity contribution is 5.95. The van der Waals surface area contributed by atoms with E-state index in [4.69, 9.17) is 14.5 Å². The molecule has 0 unspecified atom stereocenters. The lowest BCUT2D eigenvalue weighted by Gasteiger charge is -2.12. The molecule has 182 valence electrons. The molecular formula is C29H33N3O3. The highest BCUT2D eigenvalue weighted by Gasteiger charge is 2.12. The Kier molecular flexibility index (Phi) is 8.03. The first-order valence-corrected chi connectivity index (χ1v) is 12.1. The van der Waals surface area contributed by atoms with Crippen LogP contribution in [0.3, 0.4) is 0 Å². The van der Waals surface area contributed by atoms with Crippen molar-refractivity contribution >= 4 is 16.9 Å². The molecule has 0 aliphatic rings. The van der Waals surface area contributed by atoms with Gasteiger partial charge in [-0.15, -0.1) is 0 Å². The highest BCUT2D eigenvalue weighted by atomic mass is 16.5. The third kappa shape index (κ3) is 6.21. The summed E-state index contributed by atoms with van der Waals surface area (Å²) in [5, 5.41) is 3.06. The second-order valence-corrected chi connectivity index (χ2v) is 8.73. The van der Waals surface area contributed by atoms with Gasteiger partial charge in [0, 0.05) is 31.1 Å². The van der Waals surface area contributed by atoms with Crippen molar-refractivity contribution in [3.8, 4) is 11.5 Å². The van der Waals surface area contributed by atoms with E-state index in [9.17, 15) is 4.79 Å². The van der Waals surface area contributed by atoms with E-state index in [1.165, 1.54) is 0 Å². The normalized spacial score (nSPS) is 10.9. The predicted molar refractivity (Wildman–Crippen MR) is 139 cm³/mol. The SMILES string of the molecule is COc1cccc(OCCCn2c(CCCNC(=O)c3ccc(C)cc3C)nc3ccccc32)c1. The first-order valence-electron chi connectivity index (χ1n) is 12.1. The standard InChI is InChI=1S/C29H33N3O3/c1-21-14-15-25(22(2)19-21)29(33)30-16-7-13-28-31-26-11-4-5-12-27(26)32(28)17-8-18-35-24-10-6-9-23(20-24)34-3/h4-6,9-12,14-15,19-20H,7-8,13,16-18H2,1-3H3,(H,30,33). The molecule has 35 heavy (non-hydrogen) atoms. The van der Waals surface area contributed by atoms with E-state index in [1.807, 2.05) is 74.5 Å². The largest absolute Gasteiger partial charge is 0.497 e. The van der Waals surface area contributed by atoms with Crippen molar-refractivity contribution in [1.82, 2.24) is 14.9 Å². The number of imidazole rings is 1. The molecule has 0 fully saturated rings. The molecule has 1 N–H and O–H groups in total. The summed E-state index contributed by atoms with van der Waals surface area (Å²) in [7, 11) is 1.65. The molecule has 0 radical (unpaired) electrons. The Morgan fingerprint density at radius 3 is 2.63 bits per heavy atom. The van der Waals surface area contributed by atoms with Gasteiger partial charge < -0.3 is 19.4 Å². The number of methoxy groups -OCH3 is 1. The van der Waals surface area contributed by atoms with Crippen molar-refractivity contribution in [1.29, 1.82) is 0 Å². The Labute approximate surface area is 206 Å². The van der Waals surface area contributed by atoms with E-state index in [1.54, 1.807) is 7.11 Å². The van der Waals surface area contributed by atoms with Crippen LogP contribution in [-0.2, 0) is 13.0 Å². The summed E-state index contributed by atoms with van der Waals surface area (Å²) in [6.07, 6.45) is 2.47. The number of amides is 1. The number of fused-ring (bicyclic) bond motifs is 1. The molecule has 0 spiro atoms. The summed E-state index contributed by atoms with van der Waals surface area (Å²) in [5.74, 6) is 2.61. The van der Waals surface area contributed by atoms with E-state index in [0.717, 1.165) is 70.9 Å². The Bertz CT molecular complexity index is 1300. The van der Waals surface area contributed by atoms with E-state index in [0.29, 0.717) is 13.2 Å². The van der Waals surface area contributed by atoms with Gasteiger partial charge in [0.25, 0.3) is 5.91 Å². The molecular weight excluding hydrogens is 438 g/mol. The molecule has 4 aromatic rings. The van der Waals surface area contributed by atoms with Crippen molar-refractivity contribution in [3.63, 3.8) is 0 Å². The molecule has 0 bridgehead atoms. The average Bonchev–Trinajstić information content (AvgIpc) is 3.21. The topological polar surface area (TPSA) is 65.4 Å². The number of aromatic nitrogens is 2. The van der Waals surface area contributed by atoms with Crippen LogP contribution in [0.15, 0.2) is 66.7 Å². The minimum Gasteiger partial charge on any atom is -0.497 e. The van der Waals surface area contributed by atoms with Gasteiger partial charge in [0.15, 0.2) is 0 Å². The molecule has 3 aromatic carbocycles. The Hall–Kier alpha value is -3.80. The van der Waals surface area contributed by atoms with E-state index >= 15 is 0 Å². The van der Waals surface area contributed by atoms with Gasteiger partial charge in [0.1, 0.15) is 17.3 Å². The lowest BCUT2D eigenvalue weighted by atomic mass is 10.1. The van der Waals surface area contributed by atoms with Crippen LogP contribution in [0.5, 0.6) is 11.5 Å². The lowest BCUT2D eigenvalue weighted by molar-refractivity contribution is 0.0952. The number of carbonyl (C=O) groups is 1. The average molecular weight is 472 g/mol. The summed E-state index contributed by atoms with van der Waals surface area (Å²) in [6, 6.07) is 21.8. The van der Waals surface area contributed by atoms with Crippen LogP contribution in [0, 0.1) is 13.8 Å². The van der Waals surface area contributed by atoms with Gasteiger partial charge in [-0.05, 0) is 62.6 Å². The highest BCUT2D eigenvalue weighted by Crippen LogP contribution is 2.20. The number of nitrogens with zero attached hydrogens (tertiary/aromatic N) is 2. The second kappa shape index (κ2) is 11.6. The van der Waals surface area contributed by atoms with Gasteiger partial charge >= 0.3 is 0 Å². The van der Waals surface area contributed by atoms with Gasteiger partial charge in [-0.25, -0.2) is 4.98 Å². The van der Waals surface area contributed by atoms with Gasteiger partial charge in [0.2, 0.25) is 0 Å². The van der Waals surface area contributed by atoms with Gasteiger partial charge in [-0.2, -0.15) is 0 Å². The number of carbonyl (C=O) groups excluding carboxylic acids is 1. The Balaban J connectivity index is 1.33. The number of hydrogen-bond donors (Lipinski definition) is 1. The second-order valence-electron chi connectivity index (χ2n) is 8.73. The number of nitrogens with one attached hydrogen (secondary N) is 1. The maximum Gasteiger partial charge on any atom is 0.251 e. The zero-order valence-corrected chi connectivity index (χ0v) is 20.7. The summed E-state index contributed by atoms with van der Waals surface area (Å²) < 4.78 is 13.5. The minimum absolute atomic E-state index is 0.0225. The minimum atomic E-state index is -0.0225. The van der Waals surface area contributed by atoms with Crippen molar-refractivity contribution in [2.75, 3.05) is 20.3 Å². The number of benzene rings is 3. The maximum absolute atomic E-state index is 12.6. The molecule has 0 saturated heterocycles. The molecule has 0 saturated carbocycles. The first kappa shape index (κ1) is 24.3. The van der Waals surface area contributed by atoms with Crippen LogP contribution in [0.25, 0.3) is 11.0 Å². The summed E-state index contributed by atoms with van der Waals surface area (Å²) >= 11 is 0. The number of rotatable bonds is 11. The van der Waals surface area contributed by atoms with Crippen molar-refractivity contribution in [3.05, 3.63) is 89.2 Å². The Morgan fingerprint density at radius 1 is 0.971 bits per heavy atom. The maximum atomic E-state index is 12.6. The molecule has 0 aliphatic heterocycles. The summed E-state index contributed by atoms with van der Waals surface area (Å²) in [4.78, 5) is 17.4. The van der Waals surface area contributed by atoms with Crippen LogP contribution in [0.2, 0.25) is 0 Å². The van der Waals surface area contributed by atoms with Gasteiger partial charge in [-0.3, -0.25) is 4.79 Å². The monoisotopic (exact) mass is 471 g/mol. The van der Waals surface area contributed by atoms with Crippen LogP contribution in [0.4, 0.5) is 0 Å². The Morgan fingerprint density at radius 2 is 1.80 bits per heavy atom. The van der Waals surface area contributed by atoms with Crippen LogP contribution < -0.4 is 14.8 Å². The zero-order valence-electron chi connectivity index (χ0n) is 20.7. The van der Waals surface area contributed by atoms with Crippen LogP contribution in [0.1, 0.15) is 40.2 Å². The van der Waals surface area contributed by atoms with E-state index in [2.05, 4.69) is 16.0 Å². The number of hydrogen-bond acceptors (Lipinski definition) is 4. The quantitative estimate of drug-likeness (QED) is 0.294. The fourth-order valence-corrected chi connectivity index (χ4v) is 4.28. The number of aryl methyl sites for hydroxylation is 4. The van der Waals surface area contributed by atoms with Gasteiger partial charge in [0.05, 0.1) is 24.8 Å². The molecule has 0 atom stereocenters. The summed E-state index contributed by atoms with van der Waals surface area (Å²) in [6.45, 7) is 6.03. The van der Waals surface area contributed by atoms with Gasteiger partial charge in [-0.1, -0.05) is 35.9 Å². The molecule has 1 amide bonds. The number of ether oxygens (including phenoxy) is 2. The van der Waals surface area contributed by atoms with Crippen LogP contribution in [-0.4, -0.2) is 35.7 Å². The first-order chi connectivity index (χ1) is 17.0. The molecule has 1 aromatic heterocycles. The molecule has 0 aliphatic carbocycles. The number of para-hydroxylation sites is 2. The molecule has 6 nitrogen and oxygen atoms in total. The van der Waals surface area contributed by atoms with Crippen molar-refractivity contribution < 1.29 is 14.3 Å². The summed E-state index contributed by atoms with van der Waals surface area (Å²) in [5.41, 5.74) is 5.02. The predicted octanol–water partition coefficient (Wildman–Crippen LogP) is 5.49. The fourth-order valence-electron chi connectivity index (χ4n) is 4.28. The third-order valence-corrected chi connectivity index (χ3v) is 6.06. The fraction of sp³-hybridized carbons (Fsp3) is 0.310. The lowest BCUT2D eigenvalue weighted by Crippen LogP contribution is -2.25. The smallest absolute Gasteiger partial charge is 0.251 e. The van der Waals surface area contributed by atoms with E-state index in [-0.39, 0.29) is 5.91 Å². The van der Waals surface area contributed by atoms with Crippen molar-refractivity contribution in [2.45, 2.75) is 39.7 Å². The van der Waals surface area contributed by atoms with E-state index < -0.39 is 0 Å². The van der Waals surface area contributed by atoms with Crippen LogP contribution >= 0.6 is 0 Å².